The highest BCUT2D eigenvalue weighted by Crippen LogP contribution is 2.30. The monoisotopic (exact) mass is 429 g/mol. The Balaban J connectivity index is 2.74. The van der Waals surface area contributed by atoms with Crippen LogP contribution in [0.25, 0.3) is 0 Å². The molecule has 1 atom stereocenters. The second-order valence-corrected chi connectivity index (χ2v) is 9.54. The number of rotatable bonds is 4. The maximum Gasteiger partial charge on any atom is 0.228 e. The highest BCUT2D eigenvalue weighted by Gasteiger charge is 2.35. The number of hydrogen-bond donors (Lipinski definition) is 3. The van der Waals surface area contributed by atoms with Crippen molar-refractivity contribution in [1.29, 1.82) is 0 Å². The molecule has 0 aliphatic heterocycles. The van der Waals surface area contributed by atoms with Crippen LogP contribution < -0.4 is 16.0 Å². The fraction of sp³-hybridized carbons (Fsp3) is 0.467. The minimum atomic E-state index is -1.79. The van der Waals surface area contributed by atoms with Gasteiger partial charge in [0.15, 0.2) is 5.11 Å². The number of amides is 1. The molecule has 24 heavy (non-hydrogen) atoms. The number of benzene rings is 1. The van der Waals surface area contributed by atoms with E-state index in [9.17, 15) is 4.79 Å². The lowest BCUT2D eigenvalue weighted by Crippen LogP contribution is -2.56. The standard InChI is InChI=1S/C15H19Cl4N3OS/c1-14(2,3)8-11(23)21-12(15(17,18)19)22-13(24)20-10-7-5-4-6-9(10)16/h4-7,12H,8H2,1-3H3,(H,21,23)(H2,20,22,24). The summed E-state index contributed by atoms with van der Waals surface area (Å²) in [5.74, 6) is -0.258. The Morgan fingerprint density at radius 1 is 1.17 bits per heavy atom. The highest BCUT2D eigenvalue weighted by molar-refractivity contribution is 7.80. The zero-order chi connectivity index (χ0) is 18.5. The molecule has 9 heteroatoms. The van der Waals surface area contributed by atoms with Gasteiger partial charge in [0, 0.05) is 6.42 Å². The maximum absolute atomic E-state index is 12.1. The quantitative estimate of drug-likeness (QED) is 0.362. The summed E-state index contributed by atoms with van der Waals surface area (Å²) in [6.07, 6.45) is -0.726. The van der Waals surface area contributed by atoms with E-state index in [4.69, 9.17) is 58.6 Å². The number of para-hydroxylation sites is 1. The lowest BCUT2D eigenvalue weighted by atomic mass is 9.92. The molecule has 1 amide bonds. The molecular weight excluding hydrogens is 412 g/mol. The number of anilines is 1. The predicted octanol–water partition coefficient (Wildman–Crippen LogP) is 4.88. The van der Waals surface area contributed by atoms with Crippen molar-refractivity contribution in [3.63, 3.8) is 0 Å². The molecule has 0 aliphatic rings. The van der Waals surface area contributed by atoms with Crippen LogP contribution in [0.3, 0.4) is 0 Å². The van der Waals surface area contributed by atoms with Crippen LogP contribution in [0.15, 0.2) is 24.3 Å². The zero-order valence-electron chi connectivity index (χ0n) is 13.4. The molecule has 0 saturated carbocycles. The van der Waals surface area contributed by atoms with E-state index in [1.54, 1.807) is 24.3 Å². The third-order valence-electron chi connectivity index (χ3n) is 2.72. The van der Waals surface area contributed by atoms with Gasteiger partial charge in [-0.3, -0.25) is 4.79 Å². The second-order valence-electron chi connectivity index (χ2n) is 6.36. The van der Waals surface area contributed by atoms with Gasteiger partial charge in [0.05, 0.1) is 10.7 Å². The Morgan fingerprint density at radius 3 is 2.25 bits per heavy atom. The Morgan fingerprint density at radius 2 is 1.75 bits per heavy atom. The van der Waals surface area contributed by atoms with Crippen molar-refractivity contribution in [3.05, 3.63) is 29.3 Å². The molecule has 0 bridgehead atoms. The number of hydrogen-bond acceptors (Lipinski definition) is 2. The van der Waals surface area contributed by atoms with Crippen molar-refractivity contribution >= 4 is 75.3 Å². The molecule has 1 unspecified atom stereocenters. The molecule has 0 fully saturated rings. The van der Waals surface area contributed by atoms with E-state index in [2.05, 4.69) is 16.0 Å². The molecule has 1 rings (SSSR count). The highest BCUT2D eigenvalue weighted by atomic mass is 35.6. The lowest BCUT2D eigenvalue weighted by molar-refractivity contribution is -0.123. The Kier molecular flexibility index (Phi) is 7.88. The van der Waals surface area contributed by atoms with Gasteiger partial charge in [0.2, 0.25) is 9.70 Å². The van der Waals surface area contributed by atoms with Crippen LogP contribution in [0.2, 0.25) is 5.02 Å². The van der Waals surface area contributed by atoms with Crippen LogP contribution in [-0.2, 0) is 4.79 Å². The average Bonchev–Trinajstić information content (AvgIpc) is 2.37. The van der Waals surface area contributed by atoms with E-state index in [1.165, 1.54) is 0 Å². The molecule has 0 aliphatic carbocycles. The van der Waals surface area contributed by atoms with E-state index in [0.717, 1.165) is 0 Å². The zero-order valence-corrected chi connectivity index (χ0v) is 17.3. The van der Waals surface area contributed by atoms with Gasteiger partial charge in [0.1, 0.15) is 6.17 Å². The molecule has 0 radical (unpaired) electrons. The molecule has 0 aromatic heterocycles. The Labute approximate surface area is 167 Å². The average molecular weight is 431 g/mol. The first-order valence-corrected chi connectivity index (χ1v) is 8.98. The minimum Gasteiger partial charge on any atom is -0.339 e. The van der Waals surface area contributed by atoms with Crippen LogP contribution in [0, 0.1) is 5.41 Å². The largest absolute Gasteiger partial charge is 0.339 e. The first-order valence-electron chi connectivity index (χ1n) is 7.06. The smallest absolute Gasteiger partial charge is 0.228 e. The van der Waals surface area contributed by atoms with Gasteiger partial charge in [-0.05, 0) is 29.8 Å². The van der Waals surface area contributed by atoms with Crippen molar-refractivity contribution < 1.29 is 4.79 Å². The van der Waals surface area contributed by atoms with Gasteiger partial charge in [0.25, 0.3) is 0 Å². The Hall–Kier alpha value is -0.460. The summed E-state index contributed by atoms with van der Waals surface area (Å²) in [4.78, 5) is 12.1. The molecule has 3 N–H and O–H groups in total. The first-order chi connectivity index (χ1) is 10.9. The Bertz CT molecular complexity index is 599. The molecule has 0 heterocycles. The van der Waals surface area contributed by atoms with Gasteiger partial charge in [-0.15, -0.1) is 0 Å². The van der Waals surface area contributed by atoms with E-state index in [0.29, 0.717) is 10.7 Å². The summed E-state index contributed by atoms with van der Waals surface area (Å²) in [5.41, 5.74) is 0.402. The van der Waals surface area contributed by atoms with Crippen molar-refractivity contribution in [2.45, 2.75) is 37.2 Å². The van der Waals surface area contributed by atoms with Gasteiger partial charge in [-0.1, -0.05) is 79.3 Å². The van der Waals surface area contributed by atoms with Gasteiger partial charge in [-0.25, -0.2) is 0 Å². The van der Waals surface area contributed by atoms with E-state index in [-0.39, 0.29) is 22.9 Å². The lowest BCUT2D eigenvalue weighted by Gasteiger charge is -2.29. The van der Waals surface area contributed by atoms with Crippen molar-refractivity contribution in [2.24, 2.45) is 5.41 Å². The summed E-state index contributed by atoms with van der Waals surface area (Å²) < 4.78 is -1.79. The fourth-order valence-electron chi connectivity index (χ4n) is 1.75. The van der Waals surface area contributed by atoms with Crippen LogP contribution in [0.1, 0.15) is 27.2 Å². The number of carbonyl (C=O) groups excluding carboxylic acids is 1. The summed E-state index contributed by atoms with van der Waals surface area (Å²) in [7, 11) is 0. The van der Waals surface area contributed by atoms with Crippen LogP contribution in [0.4, 0.5) is 5.69 Å². The van der Waals surface area contributed by atoms with E-state index < -0.39 is 9.96 Å². The normalized spacial score (nSPS) is 13.1. The van der Waals surface area contributed by atoms with Crippen LogP contribution in [-0.4, -0.2) is 21.0 Å². The molecule has 0 spiro atoms. The molecule has 134 valence electrons. The minimum absolute atomic E-state index is 0.162. The number of thiocarbonyl (C=S) groups is 1. The number of alkyl halides is 3. The summed E-state index contributed by atoms with van der Waals surface area (Å²) in [6, 6.07) is 7.05. The number of halogens is 4. The molecule has 0 saturated heterocycles. The molecular formula is C15H19Cl4N3OS. The third kappa shape index (κ3) is 8.08. The second kappa shape index (κ2) is 8.77. The topological polar surface area (TPSA) is 53.2 Å². The summed E-state index contributed by atoms with van der Waals surface area (Å²) in [5, 5.41) is 8.97. The third-order valence-corrected chi connectivity index (χ3v) is 3.93. The van der Waals surface area contributed by atoms with E-state index in [1.807, 2.05) is 20.8 Å². The number of carbonyl (C=O) groups is 1. The first kappa shape index (κ1) is 21.6. The SMILES string of the molecule is CC(C)(C)CC(=O)NC(NC(=S)Nc1ccccc1Cl)C(Cl)(Cl)Cl. The van der Waals surface area contributed by atoms with Crippen molar-refractivity contribution in [3.8, 4) is 0 Å². The number of nitrogens with one attached hydrogen (secondary N) is 3. The van der Waals surface area contributed by atoms with Gasteiger partial charge >= 0.3 is 0 Å². The van der Waals surface area contributed by atoms with Gasteiger partial charge in [-0.2, -0.15) is 0 Å². The van der Waals surface area contributed by atoms with Crippen molar-refractivity contribution in [2.75, 3.05) is 5.32 Å². The predicted molar refractivity (Wildman–Crippen MR) is 107 cm³/mol. The molecule has 4 nitrogen and oxygen atoms in total. The summed E-state index contributed by atoms with van der Waals surface area (Å²) >= 11 is 29.0. The van der Waals surface area contributed by atoms with Gasteiger partial charge < -0.3 is 16.0 Å². The van der Waals surface area contributed by atoms with Crippen LogP contribution in [0.5, 0.6) is 0 Å². The molecule has 1 aromatic carbocycles. The van der Waals surface area contributed by atoms with Crippen molar-refractivity contribution in [1.82, 2.24) is 10.6 Å². The molecule has 1 aromatic rings. The summed E-state index contributed by atoms with van der Waals surface area (Å²) in [6.45, 7) is 5.82. The maximum atomic E-state index is 12.1. The van der Waals surface area contributed by atoms with E-state index >= 15 is 0 Å². The van der Waals surface area contributed by atoms with Crippen LogP contribution >= 0.6 is 58.6 Å². The fourth-order valence-corrected chi connectivity index (χ4v) is 2.48.